The lowest BCUT2D eigenvalue weighted by atomic mass is 10.1. The van der Waals surface area contributed by atoms with Crippen LogP contribution in [0.2, 0.25) is 0 Å². The van der Waals surface area contributed by atoms with Gasteiger partial charge in [-0.3, -0.25) is 4.98 Å². The SMILES string of the molecule is CCC(C)N(C)CCNC(C)c1cncc(F)c1. The molecule has 0 aliphatic heterocycles. The molecule has 18 heavy (non-hydrogen) atoms. The van der Waals surface area contributed by atoms with Crippen molar-refractivity contribution in [1.82, 2.24) is 15.2 Å². The van der Waals surface area contributed by atoms with E-state index in [-0.39, 0.29) is 11.9 Å². The standard InChI is InChI=1S/C14H24FN3/c1-5-11(2)18(4)7-6-17-12(3)13-8-14(15)10-16-9-13/h8-12,17H,5-7H2,1-4H3. The Hall–Kier alpha value is -1.00. The van der Waals surface area contributed by atoms with E-state index in [1.807, 2.05) is 6.92 Å². The van der Waals surface area contributed by atoms with Gasteiger partial charge < -0.3 is 10.2 Å². The maximum atomic E-state index is 13.0. The zero-order chi connectivity index (χ0) is 13.5. The van der Waals surface area contributed by atoms with E-state index in [4.69, 9.17) is 0 Å². The molecule has 0 aromatic carbocycles. The van der Waals surface area contributed by atoms with Crippen LogP contribution in [0.4, 0.5) is 4.39 Å². The van der Waals surface area contributed by atoms with Crippen molar-refractivity contribution in [3.05, 3.63) is 29.8 Å². The van der Waals surface area contributed by atoms with Gasteiger partial charge in [-0.15, -0.1) is 0 Å². The first-order valence-corrected chi connectivity index (χ1v) is 6.58. The van der Waals surface area contributed by atoms with Gasteiger partial charge in [0, 0.05) is 31.4 Å². The van der Waals surface area contributed by atoms with Crippen molar-refractivity contribution in [2.24, 2.45) is 0 Å². The number of halogens is 1. The summed E-state index contributed by atoms with van der Waals surface area (Å²) in [5.74, 6) is -0.280. The number of rotatable bonds is 7. The van der Waals surface area contributed by atoms with E-state index in [9.17, 15) is 4.39 Å². The van der Waals surface area contributed by atoms with E-state index >= 15 is 0 Å². The van der Waals surface area contributed by atoms with Gasteiger partial charge in [0.2, 0.25) is 0 Å². The van der Waals surface area contributed by atoms with Crippen molar-refractivity contribution in [1.29, 1.82) is 0 Å². The second kappa shape index (κ2) is 7.44. The average Bonchev–Trinajstić information content (AvgIpc) is 2.37. The summed E-state index contributed by atoms with van der Waals surface area (Å²) in [5, 5.41) is 3.39. The van der Waals surface area contributed by atoms with Gasteiger partial charge in [-0.2, -0.15) is 0 Å². The van der Waals surface area contributed by atoms with Crippen LogP contribution in [0.25, 0.3) is 0 Å². The number of hydrogen-bond donors (Lipinski definition) is 1. The van der Waals surface area contributed by atoms with Gasteiger partial charge in [0.25, 0.3) is 0 Å². The smallest absolute Gasteiger partial charge is 0.141 e. The number of aromatic nitrogens is 1. The van der Waals surface area contributed by atoms with Gasteiger partial charge in [-0.05, 0) is 38.9 Å². The van der Waals surface area contributed by atoms with Gasteiger partial charge in [-0.25, -0.2) is 4.39 Å². The number of nitrogens with one attached hydrogen (secondary N) is 1. The van der Waals surface area contributed by atoms with Crippen LogP contribution in [-0.4, -0.2) is 36.1 Å². The first-order chi connectivity index (χ1) is 8.54. The van der Waals surface area contributed by atoms with Crippen molar-refractivity contribution in [2.75, 3.05) is 20.1 Å². The van der Waals surface area contributed by atoms with Crippen LogP contribution >= 0.6 is 0 Å². The molecule has 0 aliphatic carbocycles. The largest absolute Gasteiger partial charge is 0.309 e. The Morgan fingerprint density at radius 2 is 2.11 bits per heavy atom. The second-order valence-corrected chi connectivity index (χ2v) is 4.85. The molecule has 0 aliphatic rings. The molecular formula is C14H24FN3. The molecule has 2 atom stereocenters. The third-order valence-corrected chi connectivity index (χ3v) is 3.48. The van der Waals surface area contributed by atoms with Gasteiger partial charge in [0.1, 0.15) is 5.82 Å². The number of pyridine rings is 1. The first-order valence-electron chi connectivity index (χ1n) is 6.58. The van der Waals surface area contributed by atoms with Gasteiger partial charge >= 0.3 is 0 Å². The summed E-state index contributed by atoms with van der Waals surface area (Å²) in [6, 6.07) is 2.25. The highest BCUT2D eigenvalue weighted by atomic mass is 19.1. The number of nitrogens with zero attached hydrogens (tertiary/aromatic N) is 2. The molecule has 0 bridgehead atoms. The summed E-state index contributed by atoms with van der Waals surface area (Å²) in [6.45, 7) is 8.32. The highest BCUT2D eigenvalue weighted by Gasteiger charge is 2.09. The summed E-state index contributed by atoms with van der Waals surface area (Å²) in [5.41, 5.74) is 0.890. The fraction of sp³-hybridized carbons (Fsp3) is 0.643. The van der Waals surface area contributed by atoms with Crippen LogP contribution in [0.5, 0.6) is 0 Å². The van der Waals surface area contributed by atoms with Gasteiger partial charge in [-0.1, -0.05) is 6.92 Å². The van der Waals surface area contributed by atoms with Crippen molar-refractivity contribution in [3.8, 4) is 0 Å². The third kappa shape index (κ3) is 4.70. The molecule has 102 valence electrons. The summed E-state index contributed by atoms with van der Waals surface area (Å²) < 4.78 is 13.0. The van der Waals surface area contributed by atoms with Crippen molar-refractivity contribution < 1.29 is 4.39 Å². The van der Waals surface area contributed by atoms with E-state index < -0.39 is 0 Å². The molecule has 0 amide bonds. The Morgan fingerprint density at radius 1 is 1.39 bits per heavy atom. The Bertz CT molecular complexity index is 357. The van der Waals surface area contributed by atoms with Crippen LogP contribution in [0.1, 0.15) is 38.8 Å². The normalized spacial score (nSPS) is 14.8. The fourth-order valence-corrected chi connectivity index (χ4v) is 1.77. The van der Waals surface area contributed by atoms with E-state index in [1.165, 1.54) is 12.3 Å². The van der Waals surface area contributed by atoms with Crippen LogP contribution in [0.15, 0.2) is 18.5 Å². The van der Waals surface area contributed by atoms with Crippen LogP contribution in [-0.2, 0) is 0 Å². The van der Waals surface area contributed by atoms with Gasteiger partial charge in [0.15, 0.2) is 0 Å². The highest BCUT2D eigenvalue weighted by molar-refractivity contribution is 5.14. The lowest BCUT2D eigenvalue weighted by Crippen LogP contribution is -2.35. The van der Waals surface area contributed by atoms with E-state index in [2.05, 4.69) is 36.1 Å². The fourth-order valence-electron chi connectivity index (χ4n) is 1.77. The molecule has 1 aromatic rings. The number of likely N-dealkylation sites (N-methyl/N-ethyl adjacent to an activating group) is 1. The topological polar surface area (TPSA) is 28.2 Å². The van der Waals surface area contributed by atoms with E-state index in [0.717, 1.165) is 25.1 Å². The molecule has 1 rings (SSSR count). The second-order valence-electron chi connectivity index (χ2n) is 4.85. The molecule has 1 aromatic heterocycles. The minimum absolute atomic E-state index is 0.124. The van der Waals surface area contributed by atoms with Crippen LogP contribution in [0.3, 0.4) is 0 Å². The molecule has 0 saturated carbocycles. The van der Waals surface area contributed by atoms with Crippen molar-refractivity contribution in [2.45, 2.75) is 39.3 Å². The monoisotopic (exact) mass is 253 g/mol. The molecule has 4 heteroatoms. The average molecular weight is 253 g/mol. The molecule has 0 fully saturated rings. The van der Waals surface area contributed by atoms with Crippen molar-refractivity contribution >= 4 is 0 Å². The molecule has 0 spiro atoms. The molecule has 0 saturated heterocycles. The molecule has 3 nitrogen and oxygen atoms in total. The highest BCUT2D eigenvalue weighted by Crippen LogP contribution is 2.11. The summed E-state index contributed by atoms with van der Waals surface area (Å²) in [6.07, 6.45) is 4.09. The molecule has 2 unspecified atom stereocenters. The maximum absolute atomic E-state index is 13.0. The summed E-state index contributed by atoms with van der Waals surface area (Å²) in [7, 11) is 2.13. The predicted molar refractivity (Wildman–Crippen MR) is 73.0 cm³/mol. The lowest BCUT2D eigenvalue weighted by Gasteiger charge is -2.24. The minimum atomic E-state index is -0.280. The third-order valence-electron chi connectivity index (χ3n) is 3.48. The zero-order valence-electron chi connectivity index (χ0n) is 11.8. The Labute approximate surface area is 109 Å². The quantitative estimate of drug-likeness (QED) is 0.809. The Morgan fingerprint density at radius 3 is 2.72 bits per heavy atom. The van der Waals surface area contributed by atoms with E-state index in [1.54, 1.807) is 6.20 Å². The minimum Gasteiger partial charge on any atom is -0.309 e. The maximum Gasteiger partial charge on any atom is 0.141 e. The lowest BCUT2D eigenvalue weighted by molar-refractivity contribution is 0.249. The van der Waals surface area contributed by atoms with Crippen LogP contribution < -0.4 is 5.32 Å². The number of hydrogen-bond acceptors (Lipinski definition) is 3. The van der Waals surface area contributed by atoms with Crippen molar-refractivity contribution in [3.63, 3.8) is 0 Å². The predicted octanol–water partition coefficient (Wildman–Crippen LogP) is 2.60. The molecular weight excluding hydrogens is 229 g/mol. The zero-order valence-corrected chi connectivity index (χ0v) is 11.8. The first kappa shape index (κ1) is 15.1. The molecule has 1 N–H and O–H groups in total. The molecule has 0 radical (unpaired) electrons. The molecule has 1 heterocycles. The van der Waals surface area contributed by atoms with Crippen LogP contribution in [0, 0.1) is 5.82 Å². The summed E-state index contributed by atoms with van der Waals surface area (Å²) >= 11 is 0. The van der Waals surface area contributed by atoms with E-state index in [0.29, 0.717) is 6.04 Å². The Balaban J connectivity index is 2.35. The Kier molecular flexibility index (Phi) is 6.22. The summed E-state index contributed by atoms with van der Waals surface area (Å²) in [4.78, 5) is 6.19. The van der Waals surface area contributed by atoms with Gasteiger partial charge in [0.05, 0.1) is 6.20 Å².